The number of amides is 2. The molecule has 0 aliphatic rings. The van der Waals surface area contributed by atoms with Gasteiger partial charge in [-0.1, -0.05) is 58.0 Å². The van der Waals surface area contributed by atoms with E-state index in [0.717, 1.165) is 0 Å². The predicted molar refractivity (Wildman–Crippen MR) is 111 cm³/mol. The molecule has 0 saturated carbocycles. The van der Waals surface area contributed by atoms with Crippen molar-refractivity contribution in [2.75, 3.05) is 18.4 Å². The van der Waals surface area contributed by atoms with Crippen LogP contribution in [-0.2, 0) is 0 Å². The summed E-state index contributed by atoms with van der Waals surface area (Å²) in [5.74, 6) is 0. The molecule has 25 heavy (non-hydrogen) atoms. The minimum absolute atomic E-state index is 0.0975. The van der Waals surface area contributed by atoms with E-state index in [-0.39, 0.29) is 5.11 Å². The maximum Gasteiger partial charge on any atom is 0.319 e. The molecular weight excluding hydrogens is 450 g/mol. The Balaban J connectivity index is 2.83. The van der Waals surface area contributed by atoms with Crippen LogP contribution in [0, 0.1) is 0 Å². The molecule has 0 bridgehead atoms. The van der Waals surface area contributed by atoms with Gasteiger partial charge in [0.15, 0.2) is 11.3 Å². The standard InChI is InChI=1S/C14H17Cl5N4OS/c1-3-23(4-2)13(24)22-11(14(17,18)19)21-12(25)20-10-7-8(15)5-6-9(10)16/h5-7,11H,3-4H2,1-2H3,(H,22,24)(H2,20,21,25). The van der Waals surface area contributed by atoms with Gasteiger partial charge in [0.05, 0.1) is 10.7 Å². The second kappa shape index (κ2) is 10.1. The third-order valence-corrected chi connectivity index (χ3v) is 4.54. The Hall–Kier alpha value is -0.370. The minimum atomic E-state index is -1.84. The van der Waals surface area contributed by atoms with Crippen LogP contribution in [-0.4, -0.2) is 39.1 Å². The smallest absolute Gasteiger partial charge is 0.319 e. The van der Waals surface area contributed by atoms with Crippen molar-refractivity contribution < 1.29 is 4.79 Å². The van der Waals surface area contributed by atoms with Crippen LogP contribution >= 0.6 is 70.2 Å². The van der Waals surface area contributed by atoms with Gasteiger partial charge in [-0.15, -0.1) is 0 Å². The van der Waals surface area contributed by atoms with Gasteiger partial charge >= 0.3 is 6.03 Å². The lowest BCUT2D eigenvalue weighted by Gasteiger charge is -2.30. The van der Waals surface area contributed by atoms with Crippen LogP contribution in [0.25, 0.3) is 0 Å². The van der Waals surface area contributed by atoms with E-state index in [9.17, 15) is 4.79 Å². The summed E-state index contributed by atoms with van der Waals surface area (Å²) < 4.78 is -1.84. The first kappa shape index (κ1) is 22.7. The van der Waals surface area contributed by atoms with E-state index in [1.807, 2.05) is 13.8 Å². The number of anilines is 1. The zero-order valence-corrected chi connectivity index (χ0v) is 18.0. The van der Waals surface area contributed by atoms with Gasteiger partial charge < -0.3 is 20.9 Å². The monoisotopic (exact) mass is 464 g/mol. The molecule has 1 unspecified atom stereocenters. The molecule has 1 aromatic carbocycles. The molecule has 0 fully saturated rings. The van der Waals surface area contributed by atoms with Crippen molar-refractivity contribution >= 4 is 87.1 Å². The number of halogens is 5. The molecule has 0 aliphatic heterocycles. The Kier molecular flexibility index (Phi) is 9.15. The summed E-state index contributed by atoms with van der Waals surface area (Å²) in [4.78, 5) is 13.7. The number of nitrogens with zero attached hydrogens (tertiary/aromatic N) is 1. The highest BCUT2D eigenvalue weighted by atomic mass is 35.6. The summed E-state index contributed by atoms with van der Waals surface area (Å²) in [5, 5.41) is 9.17. The van der Waals surface area contributed by atoms with Crippen molar-refractivity contribution in [2.24, 2.45) is 0 Å². The maximum atomic E-state index is 12.2. The molecule has 1 rings (SSSR count). The molecule has 2 amide bonds. The van der Waals surface area contributed by atoms with Gasteiger partial charge in [0.2, 0.25) is 3.79 Å². The van der Waals surface area contributed by atoms with Crippen molar-refractivity contribution in [1.29, 1.82) is 0 Å². The Morgan fingerprint density at radius 3 is 2.32 bits per heavy atom. The van der Waals surface area contributed by atoms with Crippen LogP contribution in [0.5, 0.6) is 0 Å². The number of carbonyl (C=O) groups excluding carboxylic acids is 1. The van der Waals surface area contributed by atoms with Crippen LogP contribution in [0.3, 0.4) is 0 Å². The van der Waals surface area contributed by atoms with Gasteiger partial charge in [-0.3, -0.25) is 0 Å². The Bertz CT molecular complexity index is 622. The van der Waals surface area contributed by atoms with E-state index in [0.29, 0.717) is 28.8 Å². The normalized spacial score (nSPS) is 12.3. The van der Waals surface area contributed by atoms with Gasteiger partial charge in [-0.2, -0.15) is 0 Å². The SMILES string of the molecule is CCN(CC)C(=O)NC(NC(=S)Nc1cc(Cl)ccc1Cl)C(Cl)(Cl)Cl. The second-order valence-corrected chi connectivity index (χ2v) is 8.44. The van der Waals surface area contributed by atoms with E-state index >= 15 is 0 Å². The third kappa shape index (κ3) is 7.41. The van der Waals surface area contributed by atoms with Crippen LogP contribution in [0.4, 0.5) is 10.5 Å². The highest BCUT2D eigenvalue weighted by Gasteiger charge is 2.35. The zero-order chi connectivity index (χ0) is 19.2. The zero-order valence-electron chi connectivity index (χ0n) is 13.4. The van der Waals surface area contributed by atoms with Gasteiger partial charge in [-0.05, 0) is 44.3 Å². The molecule has 1 atom stereocenters. The van der Waals surface area contributed by atoms with Crippen molar-refractivity contribution in [3.8, 4) is 0 Å². The van der Waals surface area contributed by atoms with E-state index in [1.165, 1.54) is 4.90 Å². The second-order valence-electron chi connectivity index (χ2n) is 4.82. The molecule has 0 radical (unpaired) electrons. The lowest BCUT2D eigenvalue weighted by atomic mass is 10.3. The summed E-state index contributed by atoms with van der Waals surface area (Å²) >= 11 is 35.0. The van der Waals surface area contributed by atoms with Crippen molar-refractivity contribution in [2.45, 2.75) is 23.8 Å². The summed E-state index contributed by atoms with van der Waals surface area (Å²) in [6.45, 7) is 4.70. The van der Waals surface area contributed by atoms with E-state index in [2.05, 4.69) is 16.0 Å². The van der Waals surface area contributed by atoms with Crippen LogP contribution in [0.1, 0.15) is 13.8 Å². The first-order valence-electron chi connectivity index (χ1n) is 7.23. The number of carbonyl (C=O) groups is 1. The summed E-state index contributed by atoms with van der Waals surface area (Å²) in [6.07, 6.45) is -1.07. The summed E-state index contributed by atoms with van der Waals surface area (Å²) in [7, 11) is 0. The molecule has 5 nitrogen and oxygen atoms in total. The average Bonchev–Trinajstić information content (AvgIpc) is 2.50. The number of urea groups is 1. The fourth-order valence-corrected chi connectivity index (χ4v) is 2.70. The predicted octanol–water partition coefficient (Wildman–Crippen LogP) is 5.03. The molecule has 0 heterocycles. The first-order chi connectivity index (χ1) is 11.6. The maximum absolute atomic E-state index is 12.2. The van der Waals surface area contributed by atoms with Crippen molar-refractivity contribution in [1.82, 2.24) is 15.5 Å². The Morgan fingerprint density at radius 2 is 1.80 bits per heavy atom. The molecule has 1 aromatic rings. The number of nitrogens with one attached hydrogen (secondary N) is 3. The largest absolute Gasteiger partial charge is 0.339 e. The van der Waals surface area contributed by atoms with Crippen LogP contribution in [0.2, 0.25) is 10.0 Å². The number of hydrogen-bond acceptors (Lipinski definition) is 2. The van der Waals surface area contributed by atoms with E-state index < -0.39 is 16.0 Å². The molecule has 3 N–H and O–H groups in total. The van der Waals surface area contributed by atoms with E-state index in [4.69, 9.17) is 70.2 Å². The Morgan fingerprint density at radius 1 is 1.20 bits per heavy atom. The summed E-state index contributed by atoms with van der Waals surface area (Å²) in [6, 6.07) is 4.46. The quantitative estimate of drug-likeness (QED) is 0.324. The third-order valence-electron chi connectivity index (χ3n) is 3.10. The molecular formula is C14H17Cl5N4OS. The molecule has 0 saturated heterocycles. The molecule has 0 aliphatic carbocycles. The molecule has 0 aromatic heterocycles. The fraction of sp³-hybridized carbons (Fsp3) is 0.429. The highest BCUT2D eigenvalue weighted by molar-refractivity contribution is 7.80. The number of hydrogen-bond donors (Lipinski definition) is 3. The minimum Gasteiger partial charge on any atom is -0.339 e. The molecule has 11 heteroatoms. The van der Waals surface area contributed by atoms with Gasteiger partial charge in [0.1, 0.15) is 0 Å². The topological polar surface area (TPSA) is 56.4 Å². The first-order valence-corrected chi connectivity index (χ1v) is 9.53. The average molecular weight is 467 g/mol. The lowest BCUT2D eigenvalue weighted by Crippen LogP contribution is -2.58. The highest BCUT2D eigenvalue weighted by Crippen LogP contribution is 2.30. The van der Waals surface area contributed by atoms with Crippen LogP contribution < -0.4 is 16.0 Å². The fourth-order valence-electron chi connectivity index (χ4n) is 1.81. The lowest BCUT2D eigenvalue weighted by molar-refractivity contribution is 0.198. The van der Waals surface area contributed by atoms with Gasteiger partial charge in [0, 0.05) is 18.1 Å². The van der Waals surface area contributed by atoms with E-state index in [1.54, 1.807) is 18.2 Å². The Labute approximate surface area is 177 Å². The van der Waals surface area contributed by atoms with Gasteiger partial charge in [-0.25, -0.2) is 4.79 Å². The molecule has 140 valence electrons. The number of benzene rings is 1. The van der Waals surface area contributed by atoms with Crippen LogP contribution in [0.15, 0.2) is 18.2 Å². The van der Waals surface area contributed by atoms with Crippen molar-refractivity contribution in [3.63, 3.8) is 0 Å². The van der Waals surface area contributed by atoms with Gasteiger partial charge in [0.25, 0.3) is 0 Å². The number of rotatable bonds is 5. The molecule has 0 spiro atoms. The number of alkyl halides is 3. The summed E-state index contributed by atoms with van der Waals surface area (Å²) in [5.41, 5.74) is 0.477. The van der Waals surface area contributed by atoms with Crippen molar-refractivity contribution in [3.05, 3.63) is 28.2 Å². The number of thiocarbonyl (C=S) groups is 1.